The quantitative estimate of drug-likeness (QED) is 0.861. The predicted octanol–water partition coefficient (Wildman–Crippen LogP) is 2.77. The van der Waals surface area contributed by atoms with Gasteiger partial charge in [-0.1, -0.05) is 12.2 Å². The summed E-state index contributed by atoms with van der Waals surface area (Å²) >= 11 is 0. The van der Waals surface area contributed by atoms with Crippen molar-refractivity contribution in [3.8, 4) is 0 Å². The van der Waals surface area contributed by atoms with E-state index >= 15 is 0 Å². The molecule has 1 aliphatic heterocycles. The Kier molecular flexibility index (Phi) is 4.82. The molecule has 1 heterocycles. The molecule has 1 aromatic rings. The molecule has 1 aliphatic carbocycles. The van der Waals surface area contributed by atoms with Crippen molar-refractivity contribution in [2.75, 3.05) is 18.4 Å². The Labute approximate surface area is 137 Å². The molecule has 0 spiro atoms. The van der Waals surface area contributed by atoms with Gasteiger partial charge in [0.05, 0.1) is 4.90 Å². The standard InChI is InChI=1S/C17H22N2O3S/c20-17(14-6-2-1-3-7-14)18-15-8-10-16(11-9-15)23(21,22)19-12-4-5-13-19/h1-2,8-11,14H,3-7,12-13H2,(H,18,20)/t14-/m0/s1. The number of hydrogen-bond acceptors (Lipinski definition) is 3. The molecule has 0 saturated carbocycles. The lowest BCUT2D eigenvalue weighted by molar-refractivity contribution is -0.120. The number of sulfonamides is 1. The topological polar surface area (TPSA) is 66.5 Å². The SMILES string of the molecule is O=C(Nc1ccc(S(=O)(=O)N2CCCC2)cc1)[C@H]1CC=CCC1. The van der Waals surface area contributed by atoms with Gasteiger partial charge in [-0.25, -0.2) is 8.42 Å². The van der Waals surface area contributed by atoms with Crippen molar-refractivity contribution < 1.29 is 13.2 Å². The number of hydrogen-bond donors (Lipinski definition) is 1. The molecule has 1 N–H and O–H groups in total. The number of carbonyl (C=O) groups excluding carboxylic acids is 1. The summed E-state index contributed by atoms with van der Waals surface area (Å²) in [6, 6.07) is 6.48. The fraction of sp³-hybridized carbons (Fsp3) is 0.471. The van der Waals surface area contributed by atoms with Crippen molar-refractivity contribution in [2.24, 2.45) is 5.92 Å². The molecule has 1 amide bonds. The van der Waals surface area contributed by atoms with Crippen molar-refractivity contribution in [3.05, 3.63) is 36.4 Å². The van der Waals surface area contributed by atoms with Crippen LogP contribution in [0.15, 0.2) is 41.3 Å². The third-order valence-corrected chi connectivity index (χ3v) is 6.38. The van der Waals surface area contributed by atoms with Gasteiger partial charge in [0, 0.05) is 24.7 Å². The molecule has 0 radical (unpaired) electrons. The lowest BCUT2D eigenvalue weighted by atomic mass is 9.93. The number of amides is 1. The zero-order valence-electron chi connectivity index (χ0n) is 13.1. The summed E-state index contributed by atoms with van der Waals surface area (Å²) in [5.41, 5.74) is 0.643. The Hall–Kier alpha value is -1.66. The van der Waals surface area contributed by atoms with Crippen LogP contribution in [0.5, 0.6) is 0 Å². The number of nitrogens with one attached hydrogen (secondary N) is 1. The van der Waals surface area contributed by atoms with Crippen LogP contribution >= 0.6 is 0 Å². The van der Waals surface area contributed by atoms with Gasteiger partial charge in [-0.15, -0.1) is 0 Å². The highest BCUT2D eigenvalue weighted by molar-refractivity contribution is 7.89. The maximum Gasteiger partial charge on any atom is 0.243 e. The average Bonchev–Trinajstić information content (AvgIpc) is 3.11. The van der Waals surface area contributed by atoms with Crippen LogP contribution < -0.4 is 5.32 Å². The second-order valence-electron chi connectivity index (χ2n) is 6.11. The smallest absolute Gasteiger partial charge is 0.243 e. The average molecular weight is 334 g/mol. The first-order chi connectivity index (χ1) is 11.1. The Bertz CT molecular complexity index is 689. The van der Waals surface area contributed by atoms with Crippen LogP contribution in [0.3, 0.4) is 0 Å². The molecular formula is C17H22N2O3S. The van der Waals surface area contributed by atoms with Crippen LogP contribution in [-0.4, -0.2) is 31.7 Å². The monoisotopic (exact) mass is 334 g/mol. The van der Waals surface area contributed by atoms with E-state index in [1.807, 2.05) is 6.08 Å². The zero-order valence-corrected chi connectivity index (χ0v) is 13.9. The van der Waals surface area contributed by atoms with Crippen molar-refractivity contribution in [1.29, 1.82) is 0 Å². The van der Waals surface area contributed by atoms with E-state index in [2.05, 4.69) is 11.4 Å². The maximum atomic E-state index is 12.4. The first-order valence-electron chi connectivity index (χ1n) is 8.13. The second-order valence-corrected chi connectivity index (χ2v) is 8.04. The molecule has 0 aromatic heterocycles. The Morgan fingerprint density at radius 3 is 2.39 bits per heavy atom. The number of allylic oxidation sites excluding steroid dienone is 2. The Morgan fingerprint density at radius 1 is 1.09 bits per heavy atom. The highest BCUT2D eigenvalue weighted by atomic mass is 32.2. The van der Waals surface area contributed by atoms with E-state index in [9.17, 15) is 13.2 Å². The largest absolute Gasteiger partial charge is 0.326 e. The van der Waals surface area contributed by atoms with Crippen LogP contribution in [0, 0.1) is 5.92 Å². The van der Waals surface area contributed by atoms with E-state index in [1.54, 1.807) is 24.3 Å². The lowest BCUT2D eigenvalue weighted by Gasteiger charge is -2.18. The van der Waals surface area contributed by atoms with E-state index in [4.69, 9.17) is 0 Å². The van der Waals surface area contributed by atoms with Gasteiger partial charge in [-0.05, 0) is 56.4 Å². The van der Waals surface area contributed by atoms with Gasteiger partial charge in [0.2, 0.25) is 15.9 Å². The summed E-state index contributed by atoms with van der Waals surface area (Å²) in [6.45, 7) is 1.19. The molecular weight excluding hydrogens is 312 g/mol. The molecule has 2 aliphatic rings. The molecule has 23 heavy (non-hydrogen) atoms. The van der Waals surface area contributed by atoms with Gasteiger partial charge in [0.15, 0.2) is 0 Å². The number of carbonyl (C=O) groups is 1. The summed E-state index contributed by atoms with van der Waals surface area (Å²) in [5.74, 6) is 0.0116. The number of nitrogens with zero attached hydrogens (tertiary/aromatic N) is 1. The Morgan fingerprint density at radius 2 is 1.78 bits per heavy atom. The zero-order chi connectivity index (χ0) is 16.3. The molecule has 1 aromatic carbocycles. The minimum absolute atomic E-state index is 0.00417. The van der Waals surface area contributed by atoms with Crippen molar-refractivity contribution in [2.45, 2.75) is 37.0 Å². The van der Waals surface area contributed by atoms with Gasteiger partial charge < -0.3 is 5.32 Å². The van der Waals surface area contributed by atoms with E-state index in [-0.39, 0.29) is 16.7 Å². The minimum atomic E-state index is -3.39. The number of rotatable bonds is 4. The van der Waals surface area contributed by atoms with Crippen molar-refractivity contribution in [3.63, 3.8) is 0 Å². The summed E-state index contributed by atoms with van der Waals surface area (Å²) in [5, 5.41) is 2.88. The fourth-order valence-corrected chi connectivity index (χ4v) is 4.58. The highest BCUT2D eigenvalue weighted by Crippen LogP contribution is 2.23. The molecule has 0 bridgehead atoms. The minimum Gasteiger partial charge on any atom is -0.326 e. The van der Waals surface area contributed by atoms with Gasteiger partial charge in [0.1, 0.15) is 0 Å². The van der Waals surface area contributed by atoms with Crippen LogP contribution in [0.2, 0.25) is 0 Å². The molecule has 6 heteroatoms. The van der Waals surface area contributed by atoms with Crippen molar-refractivity contribution >= 4 is 21.6 Å². The van der Waals surface area contributed by atoms with E-state index in [0.717, 1.165) is 32.1 Å². The Balaban J connectivity index is 1.67. The summed E-state index contributed by atoms with van der Waals surface area (Å²) in [6.07, 6.45) is 8.55. The predicted molar refractivity (Wildman–Crippen MR) is 89.5 cm³/mol. The van der Waals surface area contributed by atoms with Crippen LogP contribution in [-0.2, 0) is 14.8 Å². The molecule has 1 atom stereocenters. The molecule has 0 unspecified atom stereocenters. The normalized spacial score (nSPS) is 22.2. The first kappa shape index (κ1) is 16.2. The molecule has 1 fully saturated rings. The summed E-state index contributed by atoms with van der Waals surface area (Å²) in [7, 11) is -3.39. The number of benzene rings is 1. The van der Waals surface area contributed by atoms with Gasteiger partial charge in [-0.3, -0.25) is 4.79 Å². The van der Waals surface area contributed by atoms with Gasteiger partial charge >= 0.3 is 0 Å². The molecule has 3 rings (SSSR count). The third-order valence-electron chi connectivity index (χ3n) is 4.46. The summed E-state index contributed by atoms with van der Waals surface area (Å²) < 4.78 is 26.4. The van der Waals surface area contributed by atoms with Gasteiger partial charge in [-0.2, -0.15) is 4.31 Å². The maximum absolute atomic E-state index is 12.4. The fourth-order valence-electron chi connectivity index (χ4n) is 3.06. The molecule has 124 valence electrons. The summed E-state index contributed by atoms with van der Waals surface area (Å²) in [4.78, 5) is 12.5. The van der Waals surface area contributed by atoms with E-state index in [1.165, 1.54) is 4.31 Å². The molecule has 5 nitrogen and oxygen atoms in total. The van der Waals surface area contributed by atoms with E-state index < -0.39 is 10.0 Å². The highest BCUT2D eigenvalue weighted by Gasteiger charge is 2.27. The van der Waals surface area contributed by atoms with Gasteiger partial charge in [0.25, 0.3) is 0 Å². The molecule has 1 saturated heterocycles. The van der Waals surface area contributed by atoms with Crippen molar-refractivity contribution in [1.82, 2.24) is 4.31 Å². The van der Waals surface area contributed by atoms with Crippen LogP contribution in [0.25, 0.3) is 0 Å². The second kappa shape index (κ2) is 6.84. The van der Waals surface area contributed by atoms with E-state index in [0.29, 0.717) is 18.8 Å². The van der Waals surface area contributed by atoms with Crippen LogP contribution in [0.4, 0.5) is 5.69 Å². The van der Waals surface area contributed by atoms with Crippen LogP contribution in [0.1, 0.15) is 32.1 Å². The first-order valence-corrected chi connectivity index (χ1v) is 9.57. The third kappa shape index (κ3) is 3.64. The number of anilines is 1. The lowest BCUT2D eigenvalue weighted by Crippen LogP contribution is -2.28.